The Morgan fingerprint density at radius 1 is 1.09 bits per heavy atom. The summed E-state index contributed by atoms with van der Waals surface area (Å²) in [4.78, 5) is -0.00138. The molecule has 2 aromatic carbocycles. The molecule has 118 valence electrons. The molecule has 22 heavy (non-hydrogen) atoms. The summed E-state index contributed by atoms with van der Waals surface area (Å²) < 4.78 is 65.0. The molecule has 3 nitrogen and oxygen atoms in total. The third-order valence-corrected chi connectivity index (χ3v) is 4.78. The van der Waals surface area contributed by atoms with Crippen molar-refractivity contribution in [2.75, 3.05) is 4.72 Å². The number of benzene rings is 2. The maximum Gasteiger partial charge on any atom is 0.417 e. The first-order chi connectivity index (χ1) is 10.1. The lowest BCUT2D eigenvalue weighted by atomic mass is 10.2. The maximum atomic E-state index is 12.8. The predicted octanol–water partition coefficient (Wildman–Crippen LogP) is 4.47. The molecule has 0 radical (unpaired) electrons. The Kier molecular flexibility index (Phi) is 4.39. The van der Waals surface area contributed by atoms with E-state index in [0.717, 1.165) is 6.07 Å². The fourth-order valence-corrected chi connectivity index (χ4v) is 3.40. The van der Waals surface area contributed by atoms with Crippen molar-refractivity contribution in [1.29, 1.82) is 0 Å². The summed E-state index contributed by atoms with van der Waals surface area (Å²) in [7, 11) is -3.98. The second kappa shape index (κ2) is 5.81. The van der Waals surface area contributed by atoms with Crippen molar-refractivity contribution in [3.63, 3.8) is 0 Å². The van der Waals surface area contributed by atoms with Gasteiger partial charge in [-0.2, -0.15) is 13.2 Å². The van der Waals surface area contributed by atoms with Gasteiger partial charge in [0.05, 0.1) is 15.5 Å². The lowest BCUT2D eigenvalue weighted by molar-refractivity contribution is -0.137. The Hall–Kier alpha value is -1.73. The van der Waals surface area contributed by atoms with E-state index >= 15 is 0 Å². The van der Waals surface area contributed by atoms with Crippen LogP contribution in [0.4, 0.5) is 18.9 Å². The Balaban J connectivity index is 2.41. The average molecular weight is 350 g/mol. The van der Waals surface area contributed by atoms with Crippen molar-refractivity contribution in [3.8, 4) is 0 Å². The lowest BCUT2D eigenvalue weighted by Gasteiger charge is -2.13. The molecular weight excluding hydrogens is 339 g/mol. The van der Waals surface area contributed by atoms with Gasteiger partial charge in [0.1, 0.15) is 0 Å². The molecule has 0 unspecified atom stereocenters. The van der Waals surface area contributed by atoms with Gasteiger partial charge in [-0.3, -0.25) is 4.72 Å². The van der Waals surface area contributed by atoms with Gasteiger partial charge in [0, 0.05) is 5.69 Å². The van der Waals surface area contributed by atoms with E-state index in [2.05, 4.69) is 4.72 Å². The van der Waals surface area contributed by atoms with E-state index in [0.29, 0.717) is 11.6 Å². The summed E-state index contributed by atoms with van der Waals surface area (Å²) in [5.41, 5.74) is -0.820. The number of anilines is 1. The van der Waals surface area contributed by atoms with Crippen molar-refractivity contribution < 1.29 is 21.6 Å². The average Bonchev–Trinajstić information content (AvgIpc) is 2.39. The SMILES string of the molecule is Cc1ccccc1S(=O)(=O)Nc1ccc(Cl)c(C(F)(F)F)c1. The van der Waals surface area contributed by atoms with Gasteiger partial charge >= 0.3 is 6.18 Å². The molecule has 0 fully saturated rings. The van der Waals surface area contributed by atoms with E-state index in [1.807, 2.05) is 0 Å². The normalized spacial score (nSPS) is 12.2. The van der Waals surface area contributed by atoms with Crippen LogP contribution in [0.3, 0.4) is 0 Å². The molecule has 0 amide bonds. The third-order valence-electron chi connectivity index (χ3n) is 2.91. The number of rotatable bonds is 3. The van der Waals surface area contributed by atoms with Crippen molar-refractivity contribution in [2.45, 2.75) is 18.0 Å². The monoisotopic (exact) mass is 349 g/mol. The van der Waals surface area contributed by atoms with Crippen LogP contribution in [0, 0.1) is 6.92 Å². The Morgan fingerprint density at radius 3 is 2.32 bits per heavy atom. The number of hydrogen-bond acceptors (Lipinski definition) is 2. The summed E-state index contributed by atoms with van der Waals surface area (Å²) in [5.74, 6) is 0. The number of sulfonamides is 1. The summed E-state index contributed by atoms with van der Waals surface area (Å²) in [6.45, 7) is 1.59. The Bertz CT molecular complexity index is 804. The van der Waals surface area contributed by atoms with Gasteiger partial charge in [-0.1, -0.05) is 29.8 Å². The topological polar surface area (TPSA) is 46.2 Å². The smallest absolute Gasteiger partial charge is 0.280 e. The largest absolute Gasteiger partial charge is 0.417 e. The highest BCUT2D eigenvalue weighted by atomic mass is 35.5. The minimum absolute atomic E-state index is 0.00138. The molecule has 0 atom stereocenters. The van der Waals surface area contributed by atoms with Crippen molar-refractivity contribution in [1.82, 2.24) is 0 Å². The highest BCUT2D eigenvalue weighted by molar-refractivity contribution is 7.92. The zero-order chi connectivity index (χ0) is 16.5. The van der Waals surface area contributed by atoms with Crippen LogP contribution in [0.15, 0.2) is 47.4 Å². The fraction of sp³-hybridized carbons (Fsp3) is 0.143. The first-order valence-electron chi connectivity index (χ1n) is 6.06. The van der Waals surface area contributed by atoms with E-state index in [-0.39, 0.29) is 10.6 Å². The van der Waals surface area contributed by atoms with Gasteiger partial charge in [0.2, 0.25) is 0 Å². The summed E-state index contributed by atoms with van der Waals surface area (Å²) in [6.07, 6.45) is -4.67. The van der Waals surface area contributed by atoms with Crippen LogP contribution in [0.1, 0.15) is 11.1 Å². The maximum absolute atomic E-state index is 12.8. The van der Waals surface area contributed by atoms with Crippen molar-refractivity contribution in [2.24, 2.45) is 0 Å². The van der Waals surface area contributed by atoms with Gasteiger partial charge < -0.3 is 0 Å². The number of halogens is 4. The molecule has 2 rings (SSSR count). The van der Waals surface area contributed by atoms with Crippen LogP contribution in [-0.4, -0.2) is 8.42 Å². The van der Waals surface area contributed by atoms with Crippen LogP contribution >= 0.6 is 11.6 Å². The van der Waals surface area contributed by atoms with Crippen LogP contribution in [-0.2, 0) is 16.2 Å². The molecule has 0 aliphatic rings. The lowest BCUT2D eigenvalue weighted by Crippen LogP contribution is -2.15. The first kappa shape index (κ1) is 16.6. The van der Waals surface area contributed by atoms with Gasteiger partial charge in [-0.15, -0.1) is 0 Å². The van der Waals surface area contributed by atoms with Gasteiger partial charge in [-0.05, 0) is 36.8 Å². The minimum atomic E-state index is -4.67. The molecule has 0 saturated carbocycles. The quantitative estimate of drug-likeness (QED) is 0.888. The van der Waals surface area contributed by atoms with E-state index < -0.39 is 26.8 Å². The number of aryl methyl sites for hydroxylation is 1. The zero-order valence-corrected chi connectivity index (χ0v) is 12.9. The Morgan fingerprint density at radius 2 is 1.73 bits per heavy atom. The molecule has 0 aliphatic heterocycles. The highest BCUT2D eigenvalue weighted by Crippen LogP contribution is 2.36. The van der Waals surface area contributed by atoms with E-state index in [4.69, 9.17) is 11.6 Å². The van der Waals surface area contributed by atoms with Crippen molar-refractivity contribution >= 4 is 27.3 Å². The molecule has 0 bridgehead atoms. The second-order valence-electron chi connectivity index (χ2n) is 4.56. The molecule has 0 aliphatic carbocycles. The van der Waals surface area contributed by atoms with Crippen LogP contribution in [0.2, 0.25) is 5.02 Å². The van der Waals surface area contributed by atoms with E-state index in [1.165, 1.54) is 18.2 Å². The molecule has 1 N–H and O–H groups in total. The van der Waals surface area contributed by atoms with E-state index in [9.17, 15) is 21.6 Å². The summed E-state index contributed by atoms with van der Waals surface area (Å²) in [6, 6.07) is 9.00. The van der Waals surface area contributed by atoms with E-state index in [1.54, 1.807) is 19.1 Å². The van der Waals surface area contributed by atoms with Gasteiger partial charge in [0.25, 0.3) is 10.0 Å². The van der Waals surface area contributed by atoms with Crippen LogP contribution < -0.4 is 4.72 Å². The molecule has 0 aromatic heterocycles. The first-order valence-corrected chi connectivity index (χ1v) is 7.92. The molecule has 0 heterocycles. The standard InChI is InChI=1S/C14H11ClF3NO2S/c1-9-4-2-3-5-13(9)22(20,21)19-10-6-7-12(15)11(8-10)14(16,17)18/h2-8,19H,1H3. The highest BCUT2D eigenvalue weighted by Gasteiger charge is 2.33. The van der Waals surface area contributed by atoms with Gasteiger partial charge in [-0.25, -0.2) is 8.42 Å². The van der Waals surface area contributed by atoms with Gasteiger partial charge in [0.15, 0.2) is 0 Å². The summed E-state index contributed by atoms with van der Waals surface area (Å²) in [5, 5.41) is -0.494. The number of nitrogens with one attached hydrogen (secondary N) is 1. The molecule has 8 heteroatoms. The molecular formula is C14H11ClF3NO2S. The van der Waals surface area contributed by atoms with Crippen molar-refractivity contribution in [3.05, 3.63) is 58.6 Å². The molecule has 0 saturated heterocycles. The number of hydrogen-bond donors (Lipinski definition) is 1. The Labute approximate surface area is 130 Å². The zero-order valence-electron chi connectivity index (χ0n) is 11.3. The van der Waals surface area contributed by atoms with Crippen LogP contribution in [0.5, 0.6) is 0 Å². The predicted molar refractivity (Wildman–Crippen MR) is 78.4 cm³/mol. The fourth-order valence-electron chi connectivity index (χ4n) is 1.87. The second-order valence-corrected chi connectivity index (χ2v) is 6.62. The molecule has 2 aromatic rings. The van der Waals surface area contributed by atoms with Crippen LogP contribution in [0.25, 0.3) is 0 Å². The number of alkyl halides is 3. The summed E-state index contributed by atoms with van der Waals surface area (Å²) >= 11 is 5.50. The minimum Gasteiger partial charge on any atom is -0.280 e. The third kappa shape index (κ3) is 3.53. The molecule has 0 spiro atoms.